The highest BCUT2D eigenvalue weighted by Crippen LogP contribution is 2.43. The summed E-state index contributed by atoms with van der Waals surface area (Å²) >= 11 is 0. The molecule has 50 heavy (non-hydrogen) atoms. The van der Waals surface area contributed by atoms with Crippen LogP contribution in [0.25, 0.3) is 22.5 Å². The van der Waals surface area contributed by atoms with Crippen molar-refractivity contribution in [2.75, 3.05) is 14.2 Å². The summed E-state index contributed by atoms with van der Waals surface area (Å²) in [4.78, 5) is 29.0. The number of carbonyl (C=O) groups excluding carboxylic acids is 2. The molecule has 10 nitrogen and oxygen atoms in total. The molecule has 7 rings (SSSR count). The van der Waals surface area contributed by atoms with Crippen LogP contribution in [0.1, 0.15) is 43.2 Å². The molecule has 246 valence electrons. The molecule has 0 saturated carbocycles. The number of nitrogens with zero attached hydrogens (tertiary/aromatic N) is 6. The fraction of sp³-hybridized carbons (Fsp3) is 0.100. The standard InChI is InChI=1S/C40H32N6O4/c1-49-38(47)35-36(39(48)50-2)45(27-41-35)26-28-22-24-29(25-23-28)33-20-12-13-21-34(33)37-42-43-44-46(37)40(30-14-6-3-7-15-30,31-16-8-4-9-17-31)32-18-10-5-11-19-32/h3-25,27H,26H2,1-2H3. The van der Waals surface area contributed by atoms with Crippen LogP contribution in [0.5, 0.6) is 0 Å². The van der Waals surface area contributed by atoms with Crippen molar-refractivity contribution in [3.8, 4) is 22.5 Å². The molecule has 7 aromatic rings. The van der Waals surface area contributed by atoms with E-state index in [0.717, 1.165) is 38.9 Å². The molecule has 0 aliphatic rings. The number of rotatable bonds is 10. The van der Waals surface area contributed by atoms with Gasteiger partial charge >= 0.3 is 11.9 Å². The number of carbonyl (C=O) groups is 2. The van der Waals surface area contributed by atoms with Gasteiger partial charge in [-0.15, -0.1) is 5.10 Å². The van der Waals surface area contributed by atoms with Crippen LogP contribution >= 0.6 is 0 Å². The lowest BCUT2D eigenvalue weighted by Gasteiger charge is -2.36. The van der Waals surface area contributed by atoms with Gasteiger partial charge in [-0.25, -0.2) is 19.3 Å². The summed E-state index contributed by atoms with van der Waals surface area (Å²) in [6.07, 6.45) is 1.43. The van der Waals surface area contributed by atoms with Gasteiger partial charge in [-0.1, -0.05) is 140 Å². The molecular formula is C40H32N6O4. The SMILES string of the molecule is COC(=O)c1ncn(Cc2ccc(-c3ccccc3-c3nnnn3C(c3ccccc3)(c3ccccc3)c3ccccc3)cc2)c1C(=O)OC. The molecule has 10 heteroatoms. The Bertz CT molecular complexity index is 2150. The number of hydrogen-bond donors (Lipinski definition) is 0. The van der Waals surface area contributed by atoms with E-state index >= 15 is 0 Å². The molecule has 2 aromatic heterocycles. The average molecular weight is 661 g/mol. The number of tetrazole rings is 1. The lowest BCUT2D eigenvalue weighted by atomic mass is 9.77. The zero-order valence-corrected chi connectivity index (χ0v) is 27.4. The molecule has 5 aromatic carbocycles. The van der Waals surface area contributed by atoms with Crippen LogP contribution in [0.15, 0.2) is 146 Å². The van der Waals surface area contributed by atoms with Gasteiger partial charge < -0.3 is 14.0 Å². The van der Waals surface area contributed by atoms with E-state index in [1.165, 1.54) is 20.5 Å². The summed E-state index contributed by atoms with van der Waals surface area (Å²) in [5.41, 5.74) is 5.66. The minimum atomic E-state index is -0.898. The van der Waals surface area contributed by atoms with E-state index in [2.05, 4.69) is 51.7 Å². The van der Waals surface area contributed by atoms with E-state index in [1.807, 2.05) is 108 Å². The maximum atomic E-state index is 12.6. The molecule has 0 radical (unpaired) electrons. The minimum Gasteiger partial charge on any atom is -0.464 e. The van der Waals surface area contributed by atoms with Gasteiger partial charge in [0, 0.05) is 12.1 Å². The molecule has 0 amide bonds. The van der Waals surface area contributed by atoms with E-state index < -0.39 is 17.5 Å². The lowest BCUT2D eigenvalue weighted by molar-refractivity contribution is 0.0544. The summed E-state index contributed by atoms with van der Waals surface area (Å²) in [5, 5.41) is 13.6. The Kier molecular flexibility index (Phi) is 8.81. The lowest BCUT2D eigenvalue weighted by Crippen LogP contribution is -2.39. The van der Waals surface area contributed by atoms with Crippen LogP contribution < -0.4 is 0 Å². The van der Waals surface area contributed by atoms with E-state index in [-0.39, 0.29) is 17.9 Å². The monoisotopic (exact) mass is 660 g/mol. The fourth-order valence-electron chi connectivity index (χ4n) is 6.46. The number of methoxy groups -OCH3 is 2. The quantitative estimate of drug-likeness (QED) is 0.118. The first-order valence-corrected chi connectivity index (χ1v) is 15.9. The Morgan fingerprint density at radius 2 is 1.16 bits per heavy atom. The predicted molar refractivity (Wildman–Crippen MR) is 187 cm³/mol. The van der Waals surface area contributed by atoms with Crippen molar-refractivity contribution in [3.05, 3.63) is 179 Å². The first-order valence-electron chi connectivity index (χ1n) is 15.9. The third-order valence-corrected chi connectivity index (χ3v) is 8.74. The molecule has 0 fully saturated rings. The Morgan fingerprint density at radius 1 is 0.640 bits per heavy atom. The molecule has 0 aliphatic heterocycles. The molecule has 2 heterocycles. The maximum Gasteiger partial charge on any atom is 0.359 e. The maximum absolute atomic E-state index is 12.6. The first kappa shape index (κ1) is 31.9. The van der Waals surface area contributed by atoms with E-state index in [1.54, 1.807) is 4.57 Å². The summed E-state index contributed by atoms with van der Waals surface area (Å²) < 4.78 is 13.2. The highest BCUT2D eigenvalue weighted by Gasteiger charge is 2.42. The Hall–Kier alpha value is -6.68. The highest BCUT2D eigenvalue weighted by molar-refractivity contribution is 6.00. The molecule has 0 spiro atoms. The molecule has 0 N–H and O–H groups in total. The van der Waals surface area contributed by atoms with Crippen LogP contribution in [-0.2, 0) is 21.6 Å². The Morgan fingerprint density at radius 3 is 1.70 bits per heavy atom. The zero-order valence-electron chi connectivity index (χ0n) is 27.4. The van der Waals surface area contributed by atoms with Crippen molar-refractivity contribution in [2.45, 2.75) is 12.1 Å². The molecule has 0 unspecified atom stereocenters. The molecule has 0 bridgehead atoms. The van der Waals surface area contributed by atoms with Crippen molar-refractivity contribution in [2.24, 2.45) is 0 Å². The highest BCUT2D eigenvalue weighted by atomic mass is 16.5. The fourth-order valence-corrected chi connectivity index (χ4v) is 6.46. The normalized spacial score (nSPS) is 11.2. The number of ether oxygens (including phenoxy) is 2. The summed E-state index contributed by atoms with van der Waals surface area (Å²) in [6, 6.07) is 46.8. The van der Waals surface area contributed by atoms with Crippen molar-refractivity contribution < 1.29 is 19.1 Å². The summed E-state index contributed by atoms with van der Waals surface area (Å²) in [5.74, 6) is -0.796. The number of esters is 2. The van der Waals surface area contributed by atoms with Gasteiger partial charge in [0.1, 0.15) is 5.54 Å². The van der Waals surface area contributed by atoms with Crippen LogP contribution in [0, 0.1) is 0 Å². The van der Waals surface area contributed by atoms with Gasteiger partial charge in [0.2, 0.25) is 0 Å². The average Bonchev–Trinajstić information content (AvgIpc) is 3.84. The number of hydrogen-bond acceptors (Lipinski definition) is 8. The Labute approximate surface area is 288 Å². The van der Waals surface area contributed by atoms with Crippen LogP contribution in [0.4, 0.5) is 0 Å². The van der Waals surface area contributed by atoms with Crippen LogP contribution in [-0.4, -0.2) is 55.9 Å². The van der Waals surface area contributed by atoms with Crippen LogP contribution in [0.3, 0.4) is 0 Å². The summed E-state index contributed by atoms with van der Waals surface area (Å²) in [7, 11) is 2.50. The number of aromatic nitrogens is 6. The molecular weight excluding hydrogens is 628 g/mol. The van der Waals surface area contributed by atoms with Gasteiger partial charge in [0.15, 0.2) is 17.2 Å². The van der Waals surface area contributed by atoms with E-state index in [0.29, 0.717) is 5.82 Å². The van der Waals surface area contributed by atoms with Gasteiger partial charge in [0.25, 0.3) is 0 Å². The number of imidazole rings is 1. The Balaban J connectivity index is 1.33. The van der Waals surface area contributed by atoms with Gasteiger partial charge in [-0.05, 0) is 43.8 Å². The van der Waals surface area contributed by atoms with E-state index in [4.69, 9.17) is 14.7 Å². The van der Waals surface area contributed by atoms with Crippen molar-refractivity contribution in [3.63, 3.8) is 0 Å². The van der Waals surface area contributed by atoms with Gasteiger partial charge in [0.05, 0.1) is 20.5 Å². The topological polar surface area (TPSA) is 114 Å². The van der Waals surface area contributed by atoms with Gasteiger partial charge in [-0.3, -0.25) is 0 Å². The predicted octanol–water partition coefficient (Wildman–Crippen LogP) is 6.67. The smallest absolute Gasteiger partial charge is 0.359 e. The second-order valence-electron chi connectivity index (χ2n) is 11.5. The minimum absolute atomic E-state index is 0.0272. The third-order valence-electron chi connectivity index (χ3n) is 8.74. The third kappa shape index (κ3) is 5.62. The second kappa shape index (κ2) is 13.8. The van der Waals surface area contributed by atoms with E-state index in [9.17, 15) is 9.59 Å². The molecule has 0 aliphatic carbocycles. The summed E-state index contributed by atoms with van der Waals surface area (Å²) in [6.45, 7) is 0.280. The number of benzene rings is 5. The van der Waals surface area contributed by atoms with Crippen LogP contribution in [0.2, 0.25) is 0 Å². The first-order chi connectivity index (χ1) is 24.6. The van der Waals surface area contributed by atoms with Gasteiger partial charge in [-0.2, -0.15) is 0 Å². The molecule has 0 saturated heterocycles. The molecule has 0 atom stereocenters. The van der Waals surface area contributed by atoms with Crippen molar-refractivity contribution in [1.82, 2.24) is 29.8 Å². The van der Waals surface area contributed by atoms with Crippen molar-refractivity contribution >= 4 is 11.9 Å². The van der Waals surface area contributed by atoms with Crippen molar-refractivity contribution in [1.29, 1.82) is 0 Å². The zero-order chi connectivity index (χ0) is 34.5. The second-order valence-corrected chi connectivity index (χ2v) is 11.5. The largest absolute Gasteiger partial charge is 0.464 e.